The number of carbonyl (C=O) groups excluding carboxylic acids is 2. The van der Waals surface area contributed by atoms with Crippen LogP contribution in [0.1, 0.15) is 30.1 Å². The number of hydrogen-bond donors (Lipinski definition) is 2. The van der Waals surface area contributed by atoms with Crippen LogP contribution in [0.25, 0.3) is 0 Å². The zero-order valence-corrected chi connectivity index (χ0v) is 11.6. The molecule has 0 aliphatic heterocycles. The Morgan fingerprint density at radius 3 is 2.70 bits per heavy atom. The first kappa shape index (κ1) is 16.1. The Morgan fingerprint density at radius 1 is 1.45 bits per heavy atom. The fourth-order valence-corrected chi connectivity index (χ4v) is 1.85. The van der Waals surface area contributed by atoms with Gasteiger partial charge in [0.25, 0.3) is 0 Å². The van der Waals surface area contributed by atoms with E-state index in [0.717, 1.165) is 18.6 Å². The van der Waals surface area contributed by atoms with Crippen molar-refractivity contribution in [3.8, 4) is 0 Å². The number of nitrogens with two attached hydrogens (primary N) is 1. The molecule has 0 fully saturated rings. The summed E-state index contributed by atoms with van der Waals surface area (Å²) in [5.74, 6) is -1.88. The molecule has 0 bridgehead atoms. The van der Waals surface area contributed by atoms with Crippen LogP contribution in [0.3, 0.4) is 0 Å². The number of amides is 1. The minimum absolute atomic E-state index is 0.0939. The van der Waals surface area contributed by atoms with Crippen LogP contribution in [0.5, 0.6) is 0 Å². The van der Waals surface area contributed by atoms with Crippen LogP contribution >= 0.6 is 0 Å². The predicted octanol–water partition coefficient (Wildman–Crippen LogP) is 1.93. The van der Waals surface area contributed by atoms with Crippen LogP contribution in [0.4, 0.5) is 10.1 Å². The Bertz CT molecular complexity index is 491. The van der Waals surface area contributed by atoms with Gasteiger partial charge in [-0.15, -0.1) is 0 Å². The van der Waals surface area contributed by atoms with Gasteiger partial charge in [0.1, 0.15) is 5.82 Å². The molecule has 0 aromatic heterocycles. The Morgan fingerprint density at radius 2 is 2.15 bits per heavy atom. The molecule has 0 saturated heterocycles. The van der Waals surface area contributed by atoms with Gasteiger partial charge in [-0.3, -0.25) is 4.79 Å². The van der Waals surface area contributed by atoms with Crippen LogP contribution in [0.15, 0.2) is 18.2 Å². The molecule has 1 aromatic rings. The van der Waals surface area contributed by atoms with Crippen molar-refractivity contribution in [2.24, 2.45) is 11.7 Å². The van der Waals surface area contributed by atoms with E-state index in [0.29, 0.717) is 6.42 Å². The van der Waals surface area contributed by atoms with Gasteiger partial charge in [-0.1, -0.05) is 13.3 Å². The average molecular weight is 282 g/mol. The fraction of sp³-hybridized carbons (Fsp3) is 0.429. The second-order valence-electron chi connectivity index (χ2n) is 4.39. The molecule has 1 aromatic carbocycles. The van der Waals surface area contributed by atoms with E-state index in [1.165, 1.54) is 13.2 Å². The molecule has 0 saturated carbocycles. The molecule has 3 N–H and O–H groups in total. The molecule has 0 aliphatic carbocycles. The lowest BCUT2D eigenvalue weighted by atomic mass is 10.0. The highest BCUT2D eigenvalue weighted by Gasteiger charge is 2.19. The molecule has 5 nitrogen and oxygen atoms in total. The number of hydrogen-bond acceptors (Lipinski definition) is 4. The molecule has 20 heavy (non-hydrogen) atoms. The van der Waals surface area contributed by atoms with Gasteiger partial charge in [0.2, 0.25) is 5.91 Å². The smallest absolute Gasteiger partial charge is 0.339 e. The predicted molar refractivity (Wildman–Crippen MR) is 73.8 cm³/mol. The maximum Gasteiger partial charge on any atom is 0.339 e. The highest BCUT2D eigenvalue weighted by atomic mass is 19.1. The number of esters is 1. The Hall–Kier alpha value is -1.95. The molecule has 0 radical (unpaired) electrons. The summed E-state index contributed by atoms with van der Waals surface area (Å²) < 4.78 is 17.9. The molecule has 1 unspecified atom stereocenters. The number of nitrogens with one attached hydrogen (secondary N) is 1. The highest BCUT2D eigenvalue weighted by Crippen LogP contribution is 2.19. The van der Waals surface area contributed by atoms with E-state index in [9.17, 15) is 14.0 Å². The fourth-order valence-electron chi connectivity index (χ4n) is 1.85. The van der Waals surface area contributed by atoms with Crippen LogP contribution in [0, 0.1) is 11.7 Å². The average Bonchev–Trinajstić information content (AvgIpc) is 2.44. The first-order valence-electron chi connectivity index (χ1n) is 6.42. The third-order valence-corrected chi connectivity index (χ3v) is 2.94. The van der Waals surface area contributed by atoms with Crippen LogP contribution in [-0.2, 0) is 9.53 Å². The maximum absolute atomic E-state index is 13.3. The quantitative estimate of drug-likeness (QED) is 0.781. The van der Waals surface area contributed by atoms with E-state index in [1.54, 1.807) is 0 Å². The van der Waals surface area contributed by atoms with Crippen molar-refractivity contribution in [2.45, 2.75) is 19.8 Å². The summed E-state index contributed by atoms with van der Waals surface area (Å²) >= 11 is 0. The van der Waals surface area contributed by atoms with Crippen molar-refractivity contribution in [1.82, 2.24) is 0 Å². The monoisotopic (exact) mass is 282 g/mol. The summed E-state index contributed by atoms with van der Waals surface area (Å²) in [6, 6.07) is 3.49. The number of rotatable bonds is 6. The summed E-state index contributed by atoms with van der Waals surface area (Å²) in [5, 5.41) is 2.54. The number of benzene rings is 1. The molecule has 1 amide bonds. The third kappa shape index (κ3) is 4.03. The largest absolute Gasteiger partial charge is 0.465 e. The SMILES string of the molecule is CCCC(CN)C(=O)Nc1cc(F)ccc1C(=O)OC. The van der Waals surface area contributed by atoms with Gasteiger partial charge in [0.05, 0.1) is 24.3 Å². The number of ether oxygens (including phenoxy) is 1. The standard InChI is InChI=1S/C14H19FN2O3/c1-3-4-9(8-16)13(18)17-12-7-10(15)5-6-11(12)14(19)20-2/h5-7,9H,3-4,8,16H2,1-2H3,(H,17,18). The molecule has 6 heteroatoms. The lowest BCUT2D eigenvalue weighted by molar-refractivity contribution is -0.119. The van der Waals surface area contributed by atoms with E-state index >= 15 is 0 Å². The van der Waals surface area contributed by atoms with Gasteiger partial charge in [0.15, 0.2) is 0 Å². The second kappa shape index (κ2) is 7.59. The molecule has 0 heterocycles. The zero-order chi connectivity index (χ0) is 15.1. The van der Waals surface area contributed by atoms with E-state index in [1.807, 2.05) is 6.92 Å². The zero-order valence-electron chi connectivity index (χ0n) is 11.6. The number of methoxy groups -OCH3 is 1. The third-order valence-electron chi connectivity index (χ3n) is 2.94. The number of anilines is 1. The summed E-state index contributed by atoms with van der Waals surface area (Å²) in [6.07, 6.45) is 1.44. The molecule has 1 atom stereocenters. The van der Waals surface area contributed by atoms with Crippen molar-refractivity contribution >= 4 is 17.6 Å². The van der Waals surface area contributed by atoms with Crippen molar-refractivity contribution in [3.05, 3.63) is 29.6 Å². The lowest BCUT2D eigenvalue weighted by Gasteiger charge is -2.15. The Balaban J connectivity index is 2.98. The van der Waals surface area contributed by atoms with E-state index in [4.69, 9.17) is 5.73 Å². The summed E-state index contributed by atoms with van der Waals surface area (Å²) in [5.41, 5.74) is 5.74. The topological polar surface area (TPSA) is 81.4 Å². The lowest BCUT2D eigenvalue weighted by Crippen LogP contribution is -2.29. The van der Waals surface area contributed by atoms with Crippen LogP contribution in [0.2, 0.25) is 0 Å². The van der Waals surface area contributed by atoms with Gasteiger partial charge in [0, 0.05) is 6.54 Å². The van der Waals surface area contributed by atoms with Crippen molar-refractivity contribution in [3.63, 3.8) is 0 Å². The number of carbonyl (C=O) groups is 2. The molecule has 110 valence electrons. The van der Waals surface area contributed by atoms with Gasteiger partial charge in [-0.05, 0) is 24.6 Å². The second-order valence-corrected chi connectivity index (χ2v) is 4.39. The van der Waals surface area contributed by atoms with E-state index < -0.39 is 11.8 Å². The molecular formula is C14H19FN2O3. The molecule has 0 spiro atoms. The Kier molecular flexibility index (Phi) is 6.11. The normalized spacial score (nSPS) is 11.8. The van der Waals surface area contributed by atoms with Gasteiger partial charge in [-0.2, -0.15) is 0 Å². The highest BCUT2D eigenvalue weighted by molar-refractivity contribution is 6.01. The minimum Gasteiger partial charge on any atom is -0.465 e. The first-order valence-corrected chi connectivity index (χ1v) is 6.42. The summed E-state index contributed by atoms with van der Waals surface area (Å²) in [4.78, 5) is 23.6. The maximum atomic E-state index is 13.3. The van der Waals surface area contributed by atoms with Gasteiger partial charge < -0.3 is 15.8 Å². The molecular weight excluding hydrogens is 263 g/mol. The van der Waals surface area contributed by atoms with Gasteiger partial charge in [-0.25, -0.2) is 9.18 Å². The van der Waals surface area contributed by atoms with E-state index in [-0.39, 0.29) is 29.6 Å². The van der Waals surface area contributed by atoms with Crippen molar-refractivity contribution in [2.75, 3.05) is 19.0 Å². The van der Waals surface area contributed by atoms with Gasteiger partial charge >= 0.3 is 5.97 Å². The van der Waals surface area contributed by atoms with Crippen molar-refractivity contribution in [1.29, 1.82) is 0 Å². The summed E-state index contributed by atoms with van der Waals surface area (Å²) in [6.45, 7) is 2.14. The summed E-state index contributed by atoms with van der Waals surface area (Å²) in [7, 11) is 1.22. The minimum atomic E-state index is -0.639. The van der Waals surface area contributed by atoms with Crippen LogP contribution in [-0.4, -0.2) is 25.5 Å². The van der Waals surface area contributed by atoms with E-state index in [2.05, 4.69) is 10.1 Å². The first-order chi connectivity index (χ1) is 9.53. The Labute approximate surface area is 117 Å². The molecule has 0 aliphatic rings. The van der Waals surface area contributed by atoms with Crippen molar-refractivity contribution < 1.29 is 18.7 Å². The number of halogens is 1. The van der Waals surface area contributed by atoms with Crippen LogP contribution < -0.4 is 11.1 Å². The molecule has 1 rings (SSSR count).